The lowest BCUT2D eigenvalue weighted by Crippen LogP contribution is -2.25. The second-order valence-corrected chi connectivity index (χ2v) is 5.42. The summed E-state index contributed by atoms with van der Waals surface area (Å²) in [5.74, 6) is 0.622. The monoisotopic (exact) mass is 303 g/mol. The first-order valence-corrected chi connectivity index (χ1v) is 7.14. The van der Waals surface area contributed by atoms with Gasteiger partial charge in [-0.25, -0.2) is 9.87 Å². The predicted octanol–water partition coefficient (Wildman–Crippen LogP) is 3.11. The molecule has 0 radical (unpaired) electrons. The van der Waals surface area contributed by atoms with Gasteiger partial charge in [0.2, 0.25) is 0 Å². The van der Waals surface area contributed by atoms with Crippen LogP contribution >= 0.6 is 0 Å². The van der Waals surface area contributed by atoms with Crippen LogP contribution in [0.5, 0.6) is 5.75 Å². The van der Waals surface area contributed by atoms with E-state index in [2.05, 4.69) is 16.5 Å². The van der Waals surface area contributed by atoms with Gasteiger partial charge in [0.1, 0.15) is 24.0 Å². The zero-order valence-corrected chi connectivity index (χ0v) is 12.8. The third-order valence-corrected chi connectivity index (χ3v) is 3.42. The number of para-hydroxylation sites is 1. The van der Waals surface area contributed by atoms with Gasteiger partial charge in [-0.3, -0.25) is 5.26 Å². The summed E-state index contributed by atoms with van der Waals surface area (Å²) in [6, 6.07) is 9.59. The summed E-state index contributed by atoms with van der Waals surface area (Å²) >= 11 is 0. The molecule has 0 aliphatic carbocycles. The Kier molecular flexibility index (Phi) is 5.49. The van der Waals surface area contributed by atoms with E-state index in [0.29, 0.717) is 11.3 Å². The average Bonchev–Trinajstić information content (AvgIpc) is 2.50. The van der Waals surface area contributed by atoms with E-state index in [9.17, 15) is 5.11 Å². The summed E-state index contributed by atoms with van der Waals surface area (Å²) in [6.07, 6.45) is -1.18. The van der Waals surface area contributed by atoms with Gasteiger partial charge in [0.05, 0.1) is 6.10 Å². The van der Waals surface area contributed by atoms with E-state index in [0.717, 1.165) is 16.6 Å². The van der Waals surface area contributed by atoms with Gasteiger partial charge in [-0.1, -0.05) is 24.8 Å². The number of fused-ring (bicyclic) bond motifs is 1. The van der Waals surface area contributed by atoms with Crippen LogP contribution in [0.25, 0.3) is 10.9 Å². The summed E-state index contributed by atoms with van der Waals surface area (Å²) in [5.41, 5.74) is 2.31. The lowest BCUT2D eigenvalue weighted by molar-refractivity contribution is -0.273. The van der Waals surface area contributed by atoms with Crippen molar-refractivity contribution in [3.8, 4) is 5.75 Å². The number of rotatable bonds is 7. The molecule has 0 spiro atoms. The fourth-order valence-electron chi connectivity index (χ4n) is 2.17. The van der Waals surface area contributed by atoms with Crippen molar-refractivity contribution in [2.75, 3.05) is 6.61 Å². The largest absolute Gasteiger partial charge is 0.489 e. The molecule has 1 aromatic heterocycles. The van der Waals surface area contributed by atoms with Crippen LogP contribution in [0.1, 0.15) is 19.0 Å². The lowest BCUT2D eigenvalue weighted by atomic mass is 10.1. The van der Waals surface area contributed by atoms with Crippen LogP contribution in [0, 0.1) is 6.92 Å². The summed E-state index contributed by atoms with van der Waals surface area (Å²) < 4.78 is 5.68. The van der Waals surface area contributed by atoms with E-state index >= 15 is 0 Å². The SMILES string of the molecule is C=C(C)C(CC(O)COc1cccc2ccc(C)nc12)OO. The molecular formula is C17H21NO4. The van der Waals surface area contributed by atoms with Crippen molar-refractivity contribution in [2.45, 2.75) is 32.5 Å². The first-order valence-electron chi connectivity index (χ1n) is 7.14. The Labute approximate surface area is 129 Å². The van der Waals surface area contributed by atoms with Gasteiger partial charge < -0.3 is 9.84 Å². The fraction of sp³-hybridized carbons (Fsp3) is 0.353. The highest BCUT2D eigenvalue weighted by Crippen LogP contribution is 2.24. The molecule has 118 valence electrons. The maximum absolute atomic E-state index is 10.0. The number of hydrogen-bond donors (Lipinski definition) is 2. The molecular weight excluding hydrogens is 282 g/mol. The van der Waals surface area contributed by atoms with Crippen molar-refractivity contribution >= 4 is 10.9 Å². The summed E-state index contributed by atoms with van der Waals surface area (Å²) in [6.45, 7) is 7.43. The first-order chi connectivity index (χ1) is 10.5. The summed E-state index contributed by atoms with van der Waals surface area (Å²) in [4.78, 5) is 8.77. The Hall–Kier alpha value is -1.95. The number of aliphatic hydroxyl groups excluding tert-OH is 1. The van der Waals surface area contributed by atoms with Crippen molar-refractivity contribution in [1.29, 1.82) is 0 Å². The number of ether oxygens (including phenoxy) is 1. The maximum Gasteiger partial charge on any atom is 0.145 e. The molecule has 0 saturated heterocycles. The zero-order valence-electron chi connectivity index (χ0n) is 12.8. The minimum atomic E-state index is -0.783. The van der Waals surface area contributed by atoms with Crippen LogP contribution < -0.4 is 4.74 Å². The molecule has 2 aromatic rings. The van der Waals surface area contributed by atoms with Crippen LogP contribution in [-0.4, -0.2) is 34.2 Å². The quantitative estimate of drug-likeness (QED) is 0.467. The van der Waals surface area contributed by atoms with E-state index in [1.54, 1.807) is 6.92 Å². The van der Waals surface area contributed by atoms with Crippen molar-refractivity contribution in [3.63, 3.8) is 0 Å². The highest BCUT2D eigenvalue weighted by molar-refractivity contribution is 5.84. The van der Waals surface area contributed by atoms with Crippen LogP contribution in [0.4, 0.5) is 0 Å². The van der Waals surface area contributed by atoms with E-state index in [1.807, 2.05) is 37.3 Å². The van der Waals surface area contributed by atoms with Crippen LogP contribution in [-0.2, 0) is 4.89 Å². The van der Waals surface area contributed by atoms with Gasteiger partial charge in [0.25, 0.3) is 0 Å². The molecule has 0 bridgehead atoms. The molecule has 1 heterocycles. The second-order valence-electron chi connectivity index (χ2n) is 5.42. The van der Waals surface area contributed by atoms with Crippen LogP contribution in [0.2, 0.25) is 0 Å². The number of benzene rings is 1. The molecule has 5 nitrogen and oxygen atoms in total. The molecule has 22 heavy (non-hydrogen) atoms. The van der Waals surface area contributed by atoms with Gasteiger partial charge in [0, 0.05) is 17.5 Å². The molecule has 0 amide bonds. The maximum atomic E-state index is 10.0. The van der Waals surface area contributed by atoms with Crippen molar-refractivity contribution in [2.24, 2.45) is 0 Å². The summed E-state index contributed by atoms with van der Waals surface area (Å²) in [7, 11) is 0. The predicted molar refractivity (Wildman–Crippen MR) is 84.9 cm³/mol. The topological polar surface area (TPSA) is 71.8 Å². The number of aromatic nitrogens is 1. The molecule has 0 fully saturated rings. The van der Waals surface area contributed by atoms with E-state index in [1.165, 1.54) is 0 Å². The average molecular weight is 303 g/mol. The number of hydrogen-bond acceptors (Lipinski definition) is 5. The Morgan fingerprint density at radius 3 is 2.77 bits per heavy atom. The minimum absolute atomic E-state index is 0.0852. The molecule has 0 aliphatic rings. The van der Waals surface area contributed by atoms with Gasteiger partial charge in [-0.05, 0) is 31.6 Å². The molecule has 1 aromatic carbocycles. The first kappa shape index (κ1) is 16.4. The van der Waals surface area contributed by atoms with Gasteiger partial charge in [-0.2, -0.15) is 0 Å². The minimum Gasteiger partial charge on any atom is -0.489 e. The van der Waals surface area contributed by atoms with Gasteiger partial charge >= 0.3 is 0 Å². The number of aryl methyl sites for hydroxylation is 1. The number of nitrogens with zero attached hydrogens (tertiary/aromatic N) is 1. The number of pyridine rings is 1. The molecule has 0 aliphatic heterocycles. The second kappa shape index (κ2) is 7.35. The molecule has 2 unspecified atom stereocenters. The summed E-state index contributed by atoms with van der Waals surface area (Å²) in [5, 5.41) is 19.8. The van der Waals surface area contributed by atoms with E-state index in [-0.39, 0.29) is 13.0 Å². The van der Waals surface area contributed by atoms with Gasteiger partial charge in [0.15, 0.2) is 0 Å². The lowest BCUT2D eigenvalue weighted by Gasteiger charge is -2.18. The highest BCUT2D eigenvalue weighted by atomic mass is 17.1. The van der Waals surface area contributed by atoms with Crippen LogP contribution in [0.15, 0.2) is 42.5 Å². The van der Waals surface area contributed by atoms with Crippen molar-refractivity contribution in [1.82, 2.24) is 4.98 Å². The third-order valence-electron chi connectivity index (χ3n) is 3.42. The highest BCUT2D eigenvalue weighted by Gasteiger charge is 2.17. The van der Waals surface area contributed by atoms with Crippen molar-refractivity contribution < 1.29 is 20.0 Å². The normalized spacial score (nSPS) is 13.8. The molecule has 2 atom stereocenters. The van der Waals surface area contributed by atoms with E-state index < -0.39 is 12.2 Å². The Morgan fingerprint density at radius 2 is 2.09 bits per heavy atom. The third kappa shape index (κ3) is 4.04. The van der Waals surface area contributed by atoms with E-state index in [4.69, 9.17) is 9.99 Å². The number of aliphatic hydroxyl groups is 1. The smallest absolute Gasteiger partial charge is 0.145 e. The molecule has 2 N–H and O–H groups in total. The molecule has 0 saturated carbocycles. The molecule has 2 rings (SSSR count). The Morgan fingerprint density at radius 1 is 1.32 bits per heavy atom. The Balaban J connectivity index is 2.05. The Bertz CT molecular complexity index is 656. The molecule has 5 heteroatoms. The zero-order chi connectivity index (χ0) is 16.1. The van der Waals surface area contributed by atoms with Gasteiger partial charge in [-0.15, -0.1) is 0 Å². The fourth-order valence-corrected chi connectivity index (χ4v) is 2.17. The van der Waals surface area contributed by atoms with Crippen LogP contribution in [0.3, 0.4) is 0 Å². The van der Waals surface area contributed by atoms with Crippen molar-refractivity contribution in [3.05, 3.63) is 48.2 Å². The standard InChI is InChI=1S/C17H21NO4/c1-11(2)16(22-20)9-14(19)10-21-15-6-4-5-13-8-7-12(3)18-17(13)15/h4-8,14,16,19-20H,1,9-10H2,2-3H3.